The summed E-state index contributed by atoms with van der Waals surface area (Å²) >= 11 is 6.46. The molecule has 0 radical (unpaired) electrons. The number of hydrogen-bond acceptors (Lipinski definition) is 7. The summed E-state index contributed by atoms with van der Waals surface area (Å²) in [4.78, 5) is 13.5. The van der Waals surface area contributed by atoms with Crippen molar-refractivity contribution in [1.82, 2.24) is 29.6 Å². The van der Waals surface area contributed by atoms with Crippen molar-refractivity contribution >= 4 is 34.3 Å². The molecule has 1 fully saturated rings. The molecule has 3 aromatic rings. The minimum absolute atomic E-state index is 0.0706. The normalized spacial score (nSPS) is 19.9. The average Bonchev–Trinajstić information content (AvgIpc) is 3.35. The second-order valence-corrected chi connectivity index (χ2v) is 8.14. The van der Waals surface area contributed by atoms with Crippen molar-refractivity contribution in [2.24, 2.45) is 0 Å². The van der Waals surface area contributed by atoms with Gasteiger partial charge in [-0.25, -0.2) is 13.5 Å². The lowest BCUT2D eigenvalue weighted by molar-refractivity contribution is -0.118. The molecule has 2 atom stereocenters. The van der Waals surface area contributed by atoms with Gasteiger partial charge in [0.05, 0.1) is 37.0 Å². The van der Waals surface area contributed by atoms with E-state index in [1.165, 1.54) is 10.9 Å². The highest BCUT2D eigenvalue weighted by Crippen LogP contribution is 2.40. The van der Waals surface area contributed by atoms with E-state index in [0.717, 1.165) is 5.39 Å². The van der Waals surface area contributed by atoms with Crippen LogP contribution in [0.1, 0.15) is 26.3 Å². The van der Waals surface area contributed by atoms with Crippen LogP contribution in [0.2, 0.25) is 5.15 Å². The zero-order chi connectivity index (χ0) is 22.9. The Hall–Kier alpha value is -2.50. The lowest BCUT2D eigenvalue weighted by Gasteiger charge is -2.41. The van der Waals surface area contributed by atoms with Crippen molar-refractivity contribution in [2.45, 2.75) is 38.3 Å². The fourth-order valence-electron chi connectivity index (χ4n) is 3.96. The molecule has 9 nitrogen and oxygen atoms in total. The van der Waals surface area contributed by atoms with E-state index in [0.29, 0.717) is 37.0 Å². The maximum absolute atomic E-state index is 15.0. The molecular weight excluding hydrogens is 444 g/mol. The van der Waals surface area contributed by atoms with Gasteiger partial charge in [-0.15, -0.1) is 0 Å². The van der Waals surface area contributed by atoms with Crippen molar-refractivity contribution < 1.29 is 18.3 Å². The first kappa shape index (κ1) is 22.7. The molecule has 1 aliphatic heterocycles. The monoisotopic (exact) mass is 469 g/mol. The third-order valence-corrected chi connectivity index (χ3v) is 5.94. The highest BCUT2D eigenvalue weighted by molar-refractivity contribution is 6.32. The molecule has 32 heavy (non-hydrogen) atoms. The molecule has 2 unspecified atom stereocenters. The van der Waals surface area contributed by atoms with Crippen LogP contribution in [0.25, 0.3) is 11.0 Å². The molecule has 4 heterocycles. The van der Waals surface area contributed by atoms with Gasteiger partial charge in [-0.1, -0.05) is 11.6 Å². The minimum atomic E-state index is -3.00. The number of halogens is 3. The van der Waals surface area contributed by atoms with Gasteiger partial charge < -0.3 is 19.8 Å². The Balaban J connectivity index is 1.55. The number of anilines is 2. The molecule has 2 N–H and O–H groups in total. The predicted molar refractivity (Wildman–Crippen MR) is 117 cm³/mol. The van der Waals surface area contributed by atoms with Crippen LogP contribution in [-0.2, 0) is 4.74 Å². The highest BCUT2D eigenvalue weighted by atomic mass is 35.5. The lowest BCUT2D eigenvalue weighted by atomic mass is 9.99. The molecule has 0 bridgehead atoms. The van der Waals surface area contributed by atoms with E-state index in [1.54, 1.807) is 18.2 Å². The van der Waals surface area contributed by atoms with Gasteiger partial charge in [-0.2, -0.15) is 15.1 Å². The van der Waals surface area contributed by atoms with E-state index >= 15 is 8.78 Å². The average molecular weight is 470 g/mol. The van der Waals surface area contributed by atoms with Crippen LogP contribution < -0.4 is 10.1 Å². The molecule has 0 spiro atoms. The maximum atomic E-state index is 15.0. The quantitative estimate of drug-likeness (QED) is 0.517. The number of ether oxygens (including phenoxy) is 2. The Bertz CT molecular complexity index is 1070. The van der Waals surface area contributed by atoms with E-state index in [2.05, 4.69) is 25.4 Å². The number of aromatic nitrogens is 5. The van der Waals surface area contributed by atoms with Gasteiger partial charge >= 0.3 is 0 Å². The molecule has 4 rings (SSSR count). The Morgan fingerprint density at radius 3 is 2.94 bits per heavy atom. The summed E-state index contributed by atoms with van der Waals surface area (Å²) in [6, 6.07) is 0.566. The van der Waals surface area contributed by atoms with Gasteiger partial charge in [0, 0.05) is 25.9 Å². The number of aromatic amines is 1. The largest absolute Gasteiger partial charge is 0.477 e. The Morgan fingerprint density at radius 2 is 2.22 bits per heavy atom. The van der Waals surface area contributed by atoms with Crippen LogP contribution in [0.4, 0.5) is 20.4 Å². The van der Waals surface area contributed by atoms with Crippen LogP contribution in [-0.4, -0.2) is 75.0 Å². The van der Waals surface area contributed by atoms with Crippen molar-refractivity contribution in [1.29, 1.82) is 0 Å². The van der Waals surface area contributed by atoms with Crippen LogP contribution in [0, 0.1) is 0 Å². The number of H-pyrrole nitrogens is 1. The minimum Gasteiger partial charge on any atom is -0.477 e. The molecule has 3 aromatic heterocycles. The van der Waals surface area contributed by atoms with Gasteiger partial charge in [0.15, 0.2) is 5.15 Å². The van der Waals surface area contributed by atoms with Crippen LogP contribution in [0.15, 0.2) is 18.5 Å². The topological polar surface area (TPSA) is 93.1 Å². The van der Waals surface area contributed by atoms with Crippen LogP contribution in [0.5, 0.6) is 5.88 Å². The SMILES string of the molecule is CCOc1nc(Nc2cnn(C3CCN(C(C)COC)CC3(F)F)c2Cl)nc2[nH]ccc12. The molecule has 0 saturated carbocycles. The molecule has 1 aliphatic rings. The number of nitrogens with one attached hydrogen (secondary N) is 2. The summed E-state index contributed by atoms with van der Waals surface area (Å²) in [5.41, 5.74) is 0.921. The predicted octanol–water partition coefficient (Wildman–Crippen LogP) is 3.87. The summed E-state index contributed by atoms with van der Waals surface area (Å²) in [5.74, 6) is -2.37. The Morgan fingerprint density at radius 1 is 1.41 bits per heavy atom. The van der Waals surface area contributed by atoms with Crippen molar-refractivity contribution in [3.8, 4) is 5.88 Å². The van der Waals surface area contributed by atoms with E-state index in [4.69, 9.17) is 21.1 Å². The number of piperidine rings is 1. The number of alkyl halides is 2. The summed E-state index contributed by atoms with van der Waals surface area (Å²) in [6.07, 6.45) is 3.35. The van der Waals surface area contributed by atoms with Crippen molar-refractivity contribution in [2.75, 3.05) is 38.7 Å². The zero-order valence-electron chi connectivity index (χ0n) is 18.1. The number of methoxy groups -OCH3 is 1. The van der Waals surface area contributed by atoms with Gasteiger partial charge in [0.1, 0.15) is 11.7 Å². The third kappa shape index (κ3) is 4.37. The number of likely N-dealkylation sites (tertiary alicyclic amines) is 1. The fraction of sp³-hybridized carbons (Fsp3) is 0.550. The lowest BCUT2D eigenvalue weighted by Crippen LogP contribution is -2.53. The molecular formula is C20H26ClF2N7O2. The van der Waals surface area contributed by atoms with Gasteiger partial charge in [0.2, 0.25) is 11.8 Å². The number of fused-ring (bicyclic) bond motifs is 1. The zero-order valence-corrected chi connectivity index (χ0v) is 18.9. The highest BCUT2D eigenvalue weighted by Gasteiger charge is 2.47. The first-order valence-electron chi connectivity index (χ1n) is 10.4. The van der Waals surface area contributed by atoms with Gasteiger partial charge in [-0.3, -0.25) is 4.90 Å². The molecule has 0 amide bonds. The van der Waals surface area contributed by atoms with Crippen LogP contribution >= 0.6 is 11.6 Å². The second kappa shape index (κ2) is 9.16. The number of rotatable bonds is 8. The number of nitrogens with zero attached hydrogens (tertiary/aromatic N) is 5. The molecule has 174 valence electrons. The van der Waals surface area contributed by atoms with Gasteiger partial charge in [-0.05, 0) is 26.3 Å². The third-order valence-electron chi connectivity index (χ3n) is 5.56. The molecule has 0 aliphatic carbocycles. The molecule has 1 saturated heterocycles. The fourth-order valence-corrected chi connectivity index (χ4v) is 4.22. The Labute approximate surface area is 189 Å². The maximum Gasteiger partial charge on any atom is 0.282 e. The van der Waals surface area contributed by atoms with E-state index < -0.39 is 12.0 Å². The smallest absolute Gasteiger partial charge is 0.282 e. The van der Waals surface area contributed by atoms with E-state index in [-0.39, 0.29) is 30.1 Å². The van der Waals surface area contributed by atoms with Crippen LogP contribution in [0.3, 0.4) is 0 Å². The second-order valence-electron chi connectivity index (χ2n) is 7.78. The summed E-state index contributed by atoms with van der Waals surface area (Å²) in [7, 11) is 1.56. The number of hydrogen-bond donors (Lipinski definition) is 2. The van der Waals surface area contributed by atoms with Gasteiger partial charge in [0.25, 0.3) is 5.92 Å². The summed E-state index contributed by atoms with van der Waals surface area (Å²) in [5, 5.41) is 7.94. The molecule has 12 heteroatoms. The first-order chi connectivity index (χ1) is 15.3. The Kier molecular flexibility index (Phi) is 6.50. The van der Waals surface area contributed by atoms with E-state index in [1.807, 2.05) is 19.9 Å². The van der Waals surface area contributed by atoms with Crippen molar-refractivity contribution in [3.05, 3.63) is 23.6 Å². The van der Waals surface area contributed by atoms with E-state index in [9.17, 15) is 0 Å². The summed E-state index contributed by atoms with van der Waals surface area (Å²) in [6.45, 7) is 4.67. The standard InChI is InChI=1S/C20H26ClF2N7O2/c1-4-32-18-13-5-7-24-17(13)27-19(28-18)26-14-9-25-30(16(14)21)15-6-8-29(11-20(15,22)23)12(2)10-31-3/h5,7,9,12,15H,4,6,8,10-11H2,1-3H3,(H2,24,26,27,28). The summed E-state index contributed by atoms with van der Waals surface area (Å²) < 4.78 is 41.9. The first-order valence-corrected chi connectivity index (χ1v) is 10.8. The van der Waals surface area contributed by atoms with Crippen molar-refractivity contribution in [3.63, 3.8) is 0 Å². The molecule has 0 aromatic carbocycles.